The molecule has 0 aliphatic heterocycles. The van der Waals surface area contributed by atoms with Gasteiger partial charge in [0.25, 0.3) is 0 Å². The quantitative estimate of drug-likeness (QED) is 0.762. The van der Waals surface area contributed by atoms with Crippen LogP contribution in [0.4, 0.5) is 0 Å². The van der Waals surface area contributed by atoms with E-state index in [2.05, 4.69) is 27.0 Å². The number of pyridine rings is 1. The monoisotopic (exact) mass is 244 g/mol. The molecule has 1 atom stereocenters. The van der Waals surface area contributed by atoms with E-state index < -0.39 is 0 Å². The number of halogens is 2. The minimum atomic E-state index is -0.259. The fraction of sp³-hybridized carbons (Fsp3) is 0.250. The summed E-state index contributed by atoms with van der Waals surface area (Å²) in [6.45, 7) is 1.77. The molecule has 0 radical (unpaired) electrons. The predicted molar refractivity (Wildman–Crippen MR) is 51.0 cm³/mol. The molecule has 0 N–H and O–H groups in total. The highest BCUT2D eigenvalue weighted by Crippen LogP contribution is 2.24. The molecule has 0 aromatic carbocycles. The first-order valence-corrected chi connectivity index (χ1v) is 4.53. The van der Waals surface area contributed by atoms with E-state index in [4.69, 9.17) is 16.9 Å². The van der Waals surface area contributed by atoms with Gasteiger partial charge in [-0.25, -0.2) is 0 Å². The summed E-state index contributed by atoms with van der Waals surface area (Å²) in [5, 5.41) is 9.15. The highest BCUT2D eigenvalue weighted by molar-refractivity contribution is 9.10. The van der Waals surface area contributed by atoms with Crippen molar-refractivity contribution in [2.45, 2.75) is 12.8 Å². The summed E-state index contributed by atoms with van der Waals surface area (Å²) < 4.78 is 0.821. The standard InChI is InChI=1S/C8H6BrClN2/c1-5(3-11)8-7(10)2-6(9)4-12-8/h2,4-5H,1H3/t5-/m0/s1. The zero-order chi connectivity index (χ0) is 9.14. The molecule has 0 saturated carbocycles. The fourth-order valence-electron chi connectivity index (χ4n) is 0.805. The Morgan fingerprint density at radius 3 is 2.92 bits per heavy atom. The number of nitriles is 1. The zero-order valence-electron chi connectivity index (χ0n) is 6.38. The SMILES string of the molecule is C[C@@H](C#N)c1ncc(Br)cc1Cl. The van der Waals surface area contributed by atoms with Crippen molar-refractivity contribution in [3.05, 3.63) is 27.5 Å². The van der Waals surface area contributed by atoms with Crippen LogP contribution in [0.1, 0.15) is 18.5 Å². The van der Waals surface area contributed by atoms with Gasteiger partial charge in [-0.15, -0.1) is 0 Å². The maximum atomic E-state index is 8.62. The topological polar surface area (TPSA) is 36.7 Å². The Balaban J connectivity index is 3.11. The summed E-state index contributed by atoms with van der Waals surface area (Å²) in [6.07, 6.45) is 1.63. The molecule has 0 aliphatic rings. The molecule has 12 heavy (non-hydrogen) atoms. The maximum Gasteiger partial charge on any atom is 0.0871 e. The highest BCUT2D eigenvalue weighted by Gasteiger charge is 2.09. The molecular weight excluding hydrogens is 239 g/mol. The maximum absolute atomic E-state index is 8.62. The van der Waals surface area contributed by atoms with Crippen LogP contribution in [0, 0.1) is 11.3 Å². The lowest BCUT2D eigenvalue weighted by molar-refractivity contribution is 0.918. The highest BCUT2D eigenvalue weighted by atomic mass is 79.9. The Kier molecular flexibility index (Phi) is 3.07. The minimum absolute atomic E-state index is 0.259. The first kappa shape index (κ1) is 9.50. The molecule has 2 nitrogen and oxygen atoms in total. The molecule has 0 unspecified atom stereocenters. The van der Waals surface area contributed by atoms with Gasteiger partial charge in [-0.3, -0.25) is 4.98 Å². The molecule has 0 aliphatic carbocycles. The summed E-state index contributed by atoms with van der Waals surface area (Å²) in [7, 11) is 0. The molecule has 0 bridgehead atoms. The van der Waals surface area contributed by atoms with Gasteiger partial charge in [-0.1, -0.05) is 11.6 Å². The van der Waals surface area contributed by atoms with Crippen LogP contribution in [0.3, 0.4) is 0 Å². The van der Waals surface area contributed by atoms with Gasteiger partial charge < -0.3 is 0 Å². The van der Waals surface area contributed by atoms with Gasteiger partial charge in [-0.05, 0) is 28.9 Å². The summed E-state index contributed by atoms with van der Waals surface area (Å²) in [4.78, 5) is 4.05. The van der Waals surface area contributed by atoms with Crippen LogP contribution in [-0.2, 0) is 0 Å². The molecule has 0 saturated heterocycles. The van der Waals surface area contributed by atoms with Crippen molar-refractivity contribution in [1.82, 2.24) is 4.98 Å². The third-order valence-corrected chi connectivity index (χ3v) is 2.18. The molecule has 0 spiro atoms. The van der Waals surface area contributed by atoms with Crippen LogP contribution in [0.15, 0.2) is 16.7 Å². The Morgan fingerprint density at radius 2 is 2.42 bits per heavy atom. The number of aromatic nitrogens is 1. The predicted octanol–water partition coefficient (Wildman–Crippen LogP) is 3.12. The van der Waals surface area contributed by atoms with Gasteiger partial charge in [0, 0.05) is 10.7 Å². The molecule has 1 rings (SSSR count). The Bertz CT molecular complexity index is 332. The van der Waals surface area contributed by atoms with E-state index in [1.54, 1.807) is 19.2 Å². The first-order valence-electron chi connectivity index (χ1n) is 3.35. The molecular formula is C8H6BrClN2. The summed E-state index contributed by atoms with van der Waals surface area (Å²) in [5.41, 5.74) is 0.627. The average molecular weight is 246 g/mol. The van der Waals surface area contributed by atoms with E-state index in [0.29, 0.717) is 10.7 Å². The van der Waals surface area contributed by atoms with Crippen LogP contribution in [-0.4, -0.2) is 4.98 Å². The van der Waals surface area contributed by atoms with Crippen LogP contribution >= 0.6 is 27.5 Å². The van der Waals surface area contributed by atoms with Crippen LogP contribution < -0.4 is 0 Å². The molecule has 4 heteroatoms. The number of nitrogens with zero attached hydrogens (tertiary/aromatic N) is 2. The third-order valence-electron chi connectivity index (χ3n) is 1.44. The largest absolute Gasteiger partial charge is 0.257 e. The normalized spacial score (nSPS) is 12.2. The lowest BCUT2D eigenvalue weighted by atomic mass is 10.1. The van der Waals surface area contributed by atoms with Crippen molar-refractivity contribution in [3.8, 4) is 6.07 Å². The van der Waals surface area contributed by atoms with Gasteiger partial charge in [0.1, 0.15) is 0 Å². The summed E-state index contributed by atoms with van der Waals surface area (Å²) in [6, 6.07) is 3.81. The van der Waals surface area contributed by atoms with Crippen molar-refractivity contribution in [1.29, 1.82) is 5.26 Å². The van der Waals surface area contributed by atoms with Crippen molar-refractivity contribution in [2.75, 3.05) is 0 Å². The van der Waals surface area contributed by atoms with E-state index >= 15 is 0 Å². The first-order chi connectivity index (χ1) is 5.65. The molecule has 1 heterocycles. The van der Waals surface area contributed by atoms with Gasteiger partial charge in [-0.2, -0.15) is 5.26 Å². The molecule has 0 amide bonds. The lowest BCUT2D eigenvalue weighted by Gasteiger charge is -2.03. The second-order valence-electron chi connectivity index (χ2n) is 2.37. The fourth-order valence-corrected chi connectivity index (χ4v) is 1.60. The van der Waals surface area contributed by atoms with Crippen LogP contribution in [0.2, 0.25) is 5.02 Å². The van der Waals surface area contributed by atoms with Crippen molar-refractivity contribution in [3.63, 3.8) is 0 Å². The van der Waals surface area contributed by atoms with Gasteiger partial charge in [0.2, 0.25) is 0 Å². The smallest absolute Gasteiger partial charge is 0.0871 e. The van der Waals surface area contributed by atoms with E-state index in [1.165, 1.54) is 0 Å². The number of hydrogen-bond donors (Lipinski definition) is 0. The van der Waals surface area contributed by atoms with E-state index in [0.717, 1.165) is 4.47 Å². The lowest BCUT2D eigenvalue weighted by Crippen LogP contribution is -1.94. The van der Waals surface area contributed by atoms with E-state index in [9.17, 15) is 0 Å². The van der Waals surface area contributed by atoms with Gasteiger partial charge in [0.15, 0.2) is 0 Å². The van der Waals surface area contributed by atoms with Crippen molar-refractivity contribution >= 4 is 27.5 Å². The number of rotatable bonds is 1. The zero-order valence-corrected chi connectivity index (χ0v) is 8.72. The van der Waals surface area contributed by atoms with Gasteiger partial charge in [0.05, 0.1) is 22.7 Å². The molecule has 1 aromatic heterocycles. The average Bonchev–Trinajstić information content (AvgIpc) is 2.03. The van der Waals surface area contributed by atoms with E-state index in [1.807, 2.05) is 0 Å². The van der Waals surface area contributed by atoms with Gasteiger partial charge >= 0.3 is 0 Å². The van der Waals surface area contributed by atoms with Crippen molar-refractivity contribution in [2.24, 2.45) is 0 Å². The van der Waals surface area contributed by atoms with Crippen LogP contribution in [0.5, 0.6) is 0 Å². The molecule has 1 aromatic rings. The van der Waals surface area contributed by atoms with Crippen LogP contribution in [0.25, 0.3) is 0 Å². The summed E-state index contributed by atoms with van der Waals surface area (Å²) in [5.74, 6) is -0.259. The molecule has 0 fully saturated rings. The summed E-state index contributed by atoms with van der Waals surface area (Å²) >= 11 is 9.10. The Morgan fingerprint density at radius 1 is 1.75 bits per heavy atom. The van der Waals surface area contributed by atoms with E-state index in [-0.39, 0.29) is 5.92 Å². The Labute approximate surface area is 84.3 Å². The molecule has 62 valence electrons. The van der Waals surface area contributed by atoms with Crippen molar-refractivity contribution < 1.29 is 0 Å². The third kappa shape index (κ3) is 1.96. The Hall–Kier alpha value is -0.590. The number of hydrogen-bond acceptors (Lipinski definition) is 2. The minimum Gasteiger partial charge on any atom is -0.257 e. The second-order valence-corrected chi connectivity index (χ2v) is 3.69. The second kappa shape index (κ2) is 3.88.